The number of aromatic nitrogens is 1. The number of hydrogen-bond donors (Lipinski definition) is 0. The number of carbonyl (C=O) groups is 1. The Hall–Kier alpha value is -1.82. The molecule has 0 aliphatic rings. The third kappa shape index (κ3) is 1.83. The molecular formula is C9H7NO2. The van der Waals surface area contributed by atoms with Gasteiger partial charge in [-0.2, -0.15) is 0 Å². The molecule has 0 saturated heterocycles. The normalized spacial score (nSPS) is 8.08. The molecule has 0 amide bonds. The van der Waals surface area contributed by atoms with Crippen LogP contribution >= 0.6 is 0 Å². The van der Waals surface area contributed by atoms with Crippen LogP contribution in [0.1, 0.15) is 5.56 Å². The maximum absolute atomic E-state index is 9.94. The summed E-state index contributed by atoms with van der Waals surface area (Å²) >= 11 is 0. The monoisotopic (exact) mass is 161 g/mol. The van der Waals surface area contributed by atoms with E-state index in [4.69, 9.17) is 4.74 Å². The number of ether oxygens (including phenoxy) is 1. The summed E-state index contributed by atoms with van der Waals surface area (Å²) in [6, 6.07) is 1.69. The van der Waals surface area contributed by atoms with Crippen LogP contribution in [0.3, 0.4) is 0 Å². The van der Waals surface area contributed by atoms with Crippen molar-refractivity contribution in [3.05, 3.63) is 24.0 Å². The van der Waals surface area contributed by atoms with E-state index in [9.17, 15) is 4.79 Å². The summed E-state index contributed by atoms with van der Waals surface area (Å²) < 4.78 is 4.98. The summed E-state index contributed by atoms with van der Waals surface area (Å²) in [5.74, 6) is 5.52. The average Bonchev–Trinajstić information content (AvgIpc) is 2.15. The first-order chi connectivity index (χ1) is 5.88. The Morgan fingerprint density at radius 2 is 2.50 bits per heavy atom. The van der Waals surface area contributed by atoms with E-state index >= 15 is 0 Å². The number of methoxy groups -OCH3 is 1. The van der Waals surface area contributed by atoms with Crippen molar-refractivity contribution in [1.29, 1.82) is 0 Å². The van der Waals surface area contributed by atoms with E-state index in [0.29, 0.717) is 17.6 Å². The third-order valence-electron chi connectivity index (χ3n) is 1.27. The van der Waals surface area contributed by atoms with E-state index in [1.165, 1.54) is 0 Å². The minimum atomic E-state index is 0.534. The quantitative estimate of drug-likeness (QED) is 0.448. The second-order valence-corrected chi connectivity index (χ2v) is 1.96. The summed E-state index contributed by atoms with van der Waals surface area (Å²) in [6.45, 7) is 0. The first kappa shape index (κ1) is 8.28. The van der Waals surface area contributed by atoms with E-state index in [1.807, 2.05) is 0 Å². The van der Waals surface area contributed by atoms with Crippen LogP contribution in [0, 0.1) is 11.8 Å². The van der Waals surface area contributed by atoms with Gasteiger partial charge in [0.25, 0.3) is 0 Å². The van der Waals surface area contributed by atoms with Crippen LogP contribution in [0.4, 0.5) is 0 Å². The molecule has 1 rings (SSSR count). The number of pyridine rings is 1. The van der Waals surface area contributed by atoms with Crippen molar-refractivity contribution in [3.63, 3.8) is 0 Å². The Morgan fingerprint density at radius 1 is 1.67 bits per heavy atom. The number of carbonyl (C=O) groups excluding carboxylic acids is 1. The van der Waals surface area contributed by atoms with Gasteiger partial charge in [-0.15, -0.1) is 0 Å². The molecule has 1 heterocycles. The number of nitrogens with zero attached hydrogens (tertiary/aromatic N) is 1. The van der Waals surface area contributed by atoms with Crippen LogP contribution in [0.5, 0.6) is 5.75 Å². The summed E-state index contributed by atoms with van der Waals surface area (Å²) in [7, 11) is 1.54. The smallest absolute Gasteiger partial charge is 0.193 e. The molecule has 1 aromatic heterocycles. The second-order valence-electron chi connectivity index (χ2n) is 1.96. The molecule has 12 heavy (non-hydrogen) atoms. The minimum Gasteiger partial charge on any atom is -0.495 e. The SMILES string of the molecule is COc1ccncc1C#CC=O. The predicted molar refractivity (Wildman–Crippen MR) is 43.7 cm³/mol. The van der Waals surface area contributed by atoms with Crippen molar-refractivity contribution >= 4 is 6.29 Å². The molecule has 0 fully saturated rings. The van der Waals surface area contributed by atoms with Gasteiger partial charge < -0.3 is 4.74 Å². The van der Waals surface area contributed by atoms with Crippen molar-refractivity contribution in [2.75, 3.05) is 7.11 Å². The van der Waals surface area contributed by atoms with Gasteiger partial charge in [-0.3, -0.25) is 9.78 Å². The fourth-order valence-electron chi connectivity index (χ4n) is 0.761. The summed E-state index contributed by atoms with van der Waals surface area (Å²) in [5, 5.41) is 0. The third-order valence-corrected chi connectivity index (χ3v) is 1.27. The molecular weight excluding hydrogens is 154 g/mol. The molecule has 3 nitrogen and oxygen atoms in total. The van der Waals surface area contributed by atoms with Gasteiger partial charge >= 0.3 is 0 Å². The molecule has 0 aliphatic heterocycles. The van der Waals surface area contributed by atoms with E-state index in [1.54, 1.807) is 25.6 Å². The first-order valence-electron chi connectivity index (χ1n) is 3.31. The molecule has 0 radical (unpaired) electrons. The van der Waals surface area contributed by atoms with Crippen molar-refractivity contribution in [2.45, 2.75) is 0 Å². The van der Waals surface area contributed by atoms with Crippen LogP contribution < -0.4 is 4.74 Å². The molecule has 1 aromatic rings. The van der Waals surface area contributed by atoms with Crippen molar-refractivity contribution in [1.82, 2.24) is 4.98 Å². The van der Waals surface area contributed by atoms with E-state index < -0.39 is 0 Å². The zero-order valence-corrected chi connectivity index (χ0v) is 6.57. The fraction of sp³-hybridized carbons (Fsp3) is 0.111. The topological polar surface area (TPSA) is 39.2 Å². The predicted octanol–water partition coefficient (Wildman–Crippen LogP) is 0.641. The molecule has 0 bridgehead atoms. The lowest BCUT2D eigenvalue weighted by molar-refractivity contribution is -0.103. The minimum absolute atomic E-state index is 0.534. The molecule has 0 atom stereocenters. The molecule has 0 saturated carbocycles. The highest BCUT2D eigenvalue weighted by Gasteiger charge is 1.96. The molecule has 60 valence electrons. The first-order valence-corrected chi connectivity index (χ1v) is 3.31. The Morgan fingerprint density at radius 3 is 3.17 bits per heavy atom. The van der Waals surface area contributed by atoms with Crippen LogP contribution in [0.15, 0.2) is 18.5 Å². The summed E-state index contributed by atoms with van der Waals surface area (Å²) in [6.07, 6.45) is 3.69. The summed E-state index contributed by atoms with van der Waals surface area (Å²) in [5.41, 5.74) is 0.618. The van der Waals surface area contributed by atoms with Crippen LogP contribution in [0.25, 0.3) is 0 Å². The second kappa shape index (κ2) is 4.14. The standard InChI is InChI=1S/C9H7NO2/c1-12-9-4-5-10-7-8(9)3-2-6-11/h4-7H,1H3. The van der Waals surface area contributed by atoms with Gasteiger partial charge in [-0.1, -0.05) is 5.92 Å². The lowest BCUT2D eigenvalue weighted by atomic mass is 10.2. The zero-order valence-electron chi connectivity index (χ0n) is 6.57. The van der Waals surface area contributed by atoms with Gasteiger partial charge in [-0.25, -0.2) is 0 Å². The van der Waals surface area contributed by atoms with Gasteiger partial charge in [0, 0.05) is 12.4 Å². The van der Waals surface area contributed by atoms with Gasteiger partial charge in [0.15, 0.2) is 6.29 Å². The van der Waals surface area contributed by atoms with E-state index in [2.05, 4.69) is 16.8 Å². The molecule has 0 aromatic carbocycles. The maximum atomic E-state index is 9.94. The molecule has 0 aliphatic carbocycles. The number of hydrogen-bond acceptors (Lipinski definition) is 3. The van der Waals surface area contributed by atoms with Crippen LogP contribution in [0.2, 0.25) is 0 Å². The van der Waals surface area contributed by atoms with Crippen molar-refractivity contribution in [3.8, 4) is 17.6 Å². The maximum Gasteiger partial charge on any atom is 0.193 e. The Kier molecular flexibility index (Phi) is 2.86. The largest absolute Gasteiger partial charge is 0.495 e. The van der Waals surface area contributed by atoms with Crippen LogP contribution in [-0.4, -0.2) is 18.4 Å². The van der Waals surface area contributed by atoms with E-state index in [-0.39, 0.29) is 0 Å². The highest BCUT2D eigenvalue weighted by atomic mass is 16.5. The number of rotatable bonds is 1. The Labute approximate surface area is 70.4 Å². The lowest BCUT2D eigenvalue weighted by Gasteiger charge is -1.99. The zero-order chi connectivity index (χ0) is 8.81. The van der Waals surface area contributed by atoms with Gasteiger partial charge in [-0.05, 0) is 12.0 Å². The molecule has 0 unspecified atom stereocenters. The highest BCUT2D eigenvalue weighted by Crippen LogP contribution is 2.13. The van der Waals surface area contributed by atoms with Gasteiger partial charge in [0.1, 0.15) is 5.75 Å². The Bertz CT molecular complexity index is 336. The lowest BCUT2D eigenvalue weighted by Crippen LogP contribution is -1.88. The van der Waals surface area contributed by atoms with E-state index in [0.717, 1.165) is 0 Å². The molecule has 0 spiro atoms. The summed E-state index contributed by atoms with van der Waals surface area (Å²) in [4.78, 5) is 13.8. The highest BCUT2D eigenvalue weighted by molar-refractivity contribution is 5.74. The number of aldehydes is 1. The van der Waals surface area contributed by atoms with Gasteiger partial charge in [0.05, 0.1) is 12.7 Å². The molecule has 0 N–H and O–H groups in total. The fourth-order valence-corrected chi connectivity index (χ4v) is 0.761. The van der Waals surface area contributed by atoms with Crippen molar-refractivity contribution in [2.24, 2.45) is 0 Å². The Balaban J connectivity index is 3.04. The van der Waals surface area contributed by atoms with Crippen LogP contribution in [-0.2, 0) is 4.79 Å². The molecule has 3 heteroatoms. The average molecular weight is 161 g/mol. The van der Waals surface area contributed by atoms with Crippen molar-refractivity contribution < 1.29 is 9.53 Å². The van der Waals surface area contributed by atoms with Gasteiger partial charge in [0.2, 0.25) is 0 Å².